The van der Waals surface area contributed by atoms with E-state index in [-0.39, 0.29) is 5.91 Å². The van der Waals surface area contributed by atoms with Gasteiger partial charge in [-0.2, -0.15) is 0 Å². The number of benzene rings is 3. The average molecular weight is 682 g/mol. The predicted molar refractivity (Wildman–Crippen MR) is 199 cm³/mol. The number of nitrogens with zero attached hydrogens (tertiary/aromatic N) is 2. The molecule has 1 aliphatic rings. The zero-order chi connectivity index (χ0) is 34.6. The first-order valence-electron chi connectivity index (χ1n) is 17.0. The summed E-state index contributed by atoms with van der Waals surface area (Å²) in [6.45, 7) is 10.1. The van der Waals surface area contributed by atoms with Crippen LogP contribution in [0.4, 0.5) is 11.4 Å². The van der Waals surface area contributed by atoms with Gasteiger partial charge in [-0.05, 0) is 95.2 Å². The quantitative estimate of drug-likeness (QED) is 0.0942. The Balaban J connectivity index is 1.32. The fourth-order valence-corrected chi connectivity index (χ4v) is 6.97. The number of methoxy groups -OCH3 is 1. The Morgan fingerprint density at radius 1 is 1.02 bits per heavy atom. The van der Waals surface area contributed by atoms with Gasteiger partial charge in [0.25, 0.3) is 5.91 Å². The van der Waals surface area contributed by atoms with Crippen molar-refractivity contribution in [1.29, 1.82) is 0 Å². The maximum Gasteiger partial charge on any atom is 0.251 e. The third-order valence-electron chi connectivity index (χ3n) is 8.24. The van der Waals surface area contributed by atoms with Gasteiger partial charge >= 0.3 is 0 Å². The number of pyridine rings is 1. The lowest BCUT2D eigenvalue weighted by molar-refractivity contribution is -0.112. The number of hydrogen-bond donors (Lipinski definition) is 1. The highest BCUT2D eigenvalue weighted by Gasteiger charge is 2.23. The first-order valence-corrected chi connectivity index (χ1v) is 18.3. The molecular formula is C40H47N3O5S. The Hall–Kier alpha value is -4.31. The molecule has 0 fully saturated rings. The largest absolute Gasteiger partial charge is 0.611 e. The summed E-state index contributed by atoms with van der Waals surface area (Å²) in [5.41, 5.74) is 6.40. The van der Waals surface area contributed by atoms with Crippen molar-refractivity contribution in [2.24, 2.45) is 5.92 Å². The van der Waals surface area contributed by atoms with Crippen LogP contribution in [0.25, 0.3) is 17.2 Å². The van der Waals surface area contributed by atoms with Gasteiger partial charge in [0.2, 0.25) is 0 Å². The lowest BCUT2D eigenvalue weighted by atomic mass is 10.00. The summed E-state index contributed by atoms with van der Waals surface area (Å²) >= 11 is -1.34. The predicted octanol–water partition coefficient (Wildman–Crippen LogP) is 8.15. The first kappa shape index (κ1) is 36.0. The Kier molecular flexibility index (Phi) is 13.1. The van der Waals surface area contributed by atoms with Crippen molar-refractivity contribution in [3.05, 3.63) is 102 Å². The number of nitrogens with one attached hydrogen (secondary N) is 1. The summed E-state index contributed by atoms with van der Waals surface area (Å²) < 4.78 is 30.2. The topological polar surface area (TPSA) is 96.0 Å². The number of aromatic nitrogens is 1. The number of hydrogen-bond acceptors (Lipinski definition) is 7. The molecule has 0 saturated heterocycles. The number of amides is 1. The van der Waals surface area contributed by atoms with Gasteiger partial charge in [-0.3, -0.25) is 9.78 Å². The van der Waals surface area contributed by atoms with Crippen LogP contribution >= 0.6 is 0 Å². The summed E-state index contributed by atoms with van der Waals surface area (Å²) in [7, 11) is 1.54. The smallest absolute Gasteiger partial charge is 0.251 e. The van der Waals surface area contributed by atoms with E-state index in [0.29, 0.717) is 53.2 Å². The summed E-state index contributed by atoms with van der Waals surface area (Å²) in [5.74, 6) is 1.88. The van der Waals surface area contributed by atoms with Gasteiger partial charge in [-0.25, -0.2) is 0 Å². The van der Waals surface area contributed by atoms with E-state index in [1.165, 1.54) is 0 Å². The molecule has 1 atom stereocenters. The number of carbonyl (C=O) groups is 1. The van der Waals surface area contributed by atoms with Crippen molar-refractivity contribution in [3.8, 4) is 22.6 Å². The molecule has 0 spiro atoms. The number of unbranched alkanes of at least 4 members (excludes halogenated alkanes) is 1. The van der Waals surface area contributed by atoms with Crippen LogP contribution in [0, 0.1) is 5.92 Å². The number of ether oxygens (including phenoxy) is 3. The van der Waals surface area contributed by atoms with Gasteiger partial charge in [0.15, 0.2) is 10.6 Å². The van der Waals surface area contributed by atoms with Crippen molar-refractivity contribution < 1.29 is 23.6 Å². The monoisotopic (exact) mass is 681 g/mol. The average Bonchev–Trinajstić information content (AvgIpc) is 3.29. The number of rotatable bonds is 16. The van der Waals surface area contributed by atoms with Crippen molar-refractivity contribution in [2.45, 2.75) is 50.7 Å². The van der Waals surface area contributed by atoms with E-state index < -0.39 is 11.2 Å². The molecule has 0 radical (unpaired) electrons. The van der Waals surface area contributed by atoms with Crippen LogP contribution in [0.3, 0.4) is 0 Å². The van der Waals surface area contributed by atoms with Crippen molar-refractivity contribution in [1.82, 2.24) is 4.98 Å². The minimum Gasteiger partial charge on any atom is -0.611 e. The molecule has 0 saturated carbocycles. The molecule has 3 aromatic carbocycles. The summed E-state index contributed by atoms with van der Waals surface area (Å²) in [4.78, 5) is 20.8. The Morgan fingerprint density at radius 2 is 1.84 bits per heavy atom. The molecule has 4 aromatic rings. The third kappa shape index (κ3) is 10.1. The number of carbonyl (C=O) groups excluding carboxylic acids is 1. The van der Waals surface area contributed by atoms with Crippen molar-refractivity contribution >= 4 is 34.5 Å². The van der Waals surface area contributed by atoms with Crippen LogP contribution in [0.5, 0.6) is 11.5 Å². The molecule has 1 aliphatic heterocycles. The Bertz CT molecular complexity index is 1690. The lowest BCUT2D eigenvalue weighted by Crippen LogP contribution is -2.29. The van der Waals surface area contributed by atoms with Crippen LogP contribution < -0.4 is 19.7 Å². The molecule has 8 nitrogen and oxygen atoms in total. The summed E-state index contributed by atoms with van der Waals surface area (Å²) in [6.07, 6.45) is 8.19. The van der Waals surface area contributed by atoms with Crippen LogP contribution in [0.2, 0.25) is 0 Å². The Morgan fingerprint density at radius 3 is 2.57 bits per heavy atom. The van der Waals surface area contributed by atoms with Crippen molar-refractivity contribution in [2.75, 3.05) is 50.2 Å². The van der Waals surface area contributed by atoms with Gasteiger partial charge in [0.05, 0.1) is 13.7 Å². The second kappa shape index (κ2) is 17.9. The van der Waals surface area contributed by atoms with Gasteiger partial charge in [-0.15, -0.1) is 0 Å². The normalized spacial score (nSPS) is 13.3. The maximum absolute atomic E-state index is 13.7. The molecule has 0 aliphatic carbocycles. The fourth-order valence-electron chi connectivity index (χ4n) is 5.75. The van der Waals surface area contributed by atoms with Gasteiger partial charge < -0.3 is 29.0 Å². The van der Waals surface area contributed by atoms with Crippen LogP contribution in [0.1, 0.15) is 51.2 Å². The van der Waals surface area contributed by atoms with Crippen LogP contribution in [-0.2, 0) is 26.5 Å². The second-order valence-corrected chi connectivity index (χ2v) is 14.0. The van der Waals surface area contributed by atoms with Crippen LogP contribution in [-0.4, -0.2) is 55.5 Å². The van der Waals surface area contributed by atoms with Gasteiger partial charge in [0, 0.05) is 60.7 Å². The fraction of sp³-hybridized carbons (Fsp3) is 0.350. The highest BCUT2D eigenvalue weighted by Crippen LogP contribution is 2.34. The minimum atomic E-state index is -1.34. The molecule has 0 bridgehead atoms. The molecule has 2 heterocycles. The highest BCUT2D eigenvalue weighted by atomic mass is 32.2. The zero-order valence-corrected chi connectivity index (χ0v) is 29.8. The number of fused-ring (bicyclic) bond motifs is 1. The Labute approximate surface area is 293 Å². The van der Waals surface area contributed by atoms with E-state index in [1.54, 1.807) is 37.7 Å². The first-order chi connectivity index (χ1) is 23.8. The highest BCUT2D eigenvalue weighted by molar-refractivity contribution is 7.90. The zero-order valence-electron chi connectivity index (χ0n) is 28.9. The van der Waals surface area contributed by atoms with E-state index in [2.05, 4.69) is 66.3 Å². The third-order valence-corrected chi connectivity index (χ3v) is 9.66. The lowest BCUT2D eigenvalue weighted by Gasteiger charge is -2.27. The second-order valence-electron chi connectivity index (χ2n) is 12.5. The summed E-state index contributed by atoms with van der Waals surface area (Å²) in [6, 6.07) is 23.6. The van der Waals surface area contributed by atoms with E-state index in [4.69, 9.17) is 14.2 Å². The molecule has 49 heavy (non-hydrogen) atoms. The molecule has 1 unspecified atom stereocenters. The van der Waals surface area contributed by atoms with E-state index in [0.717, 1.165) is 66.2 Å². The van der Waals surface area contributed by atoms with Gasteiger partial charge in [0.1, 0.15) is 18.1 Å². The van der Waals surface area contributed by atoms with Gasteiger partial charge in [-0.1, -0.05) is 51.5 Å². The molecule has 1 amide bonds. The van der Waals surface area contributed by atoms with E-state index >= 15 is 0 Å². The SMILES string of the molecule is CCCCOCCOc1ccc(-c2ccc3c(c2)C=C(C(=O)Nc2ccc([S+]([O-])Cc4cccnc4)c(OC)c2)CCN3CC(C)C)cc1. The van der Waals surface area contributed by atoms with Crippen molar-refractivity contribution in [3.63, 3.8) is 0 Å². The molecule has 1 N–H and O–H groups in total. The van der Waals surface area contributed by atoms with Crippen LogP contribution in [0.15, 0.2) is 95.7 Å². The molecular weight excluding hydrogens is 635 g/mol. The standard InChI is InChI=1S/C40H47N3O5S/c1-5-6-20-47-21-22-48-36-13-9-31(10-14-36)32-11-15-37-34(23-32)24-33(17-19-43(37)27-29(2)3)40(44)42-35-12-16-39(38(25-35)46-4)49(45)28-30-8-7-18-41-26-30/h7-16,18,23-26,29H,5-6,17,19-22,27-28H2,1-4H3,(H,42,44). The number of anilines is 2. The summed E-state index contributed by atoms with van der Waals surface area (Å²) in [5, 5.41) is 3.06. The molecule has 258 valence electrons. The minimum absolute atomic E-state index is 0.172. The maximum atomic E-state index is 13.7. The molecule has 9 heteroatoms. The van der Waals surface area contributed by atoms with E-state index in [9.17, 15) is 9.35 Å². The van der Waals surface area contributed by atoms with E-state index in [1.807, 2.05) is 30.3 Å². The molecule has 5 rings (SSSR count). The molecule has 1 aromatic heterocycles.